The molecule has 1 rings (SSSR count). The number of likely N-dealkylation sites (N-methyl/N-ethyl adjacent to an activating group) is 1. The van der Waals surface area contributed by atoms with Gasteiger partial charge in [-0.1, -0.05) is 13.8 Å². The molecule has 1 fully saturated rings. The van der Waals surface area contributed by atoms with Gasteiger partial charge in [-0.05, 0) is 52.4 Å². The number of rotatable bonds is 7. The molecule has 2 N–H and O–H groups in total. The zero-order valence-corrected chi connectivity index (χ0v) is 14.5. The zero-order valence-electron chi connectivity index (χ0n) is 14.5. The molecular weight excluding hydrogens is 262 g/mol. The maximum absolute atomic E-state index is 4.60. The Balaban J connectivity index is 2.19. The number of aliphatic imine (C=N–C) groups is 1. The van der Waals surface area contributed by atoms with Crippen molar-refractivity contribution in [3.63, 3.8) is 0 Å². The normalized spacial score (nSPS) is 18.8. The van der Waals surface area contributed by atoms with E-state index in [0.717, 1.165) is 25.6 Å². The minimum Gasteiger partial charge on any atom is -0.357 e. The van der Waals surface area contributed by atoms with Gasteiger partial charge in [0.25, 0.3) is 0 Å². The lowest BCUT2D eigenvalue weighted by Crippen LogP contribution is -2.39. The summed E-state index contributed by atoms with van der Waals surface area (Å²) in [6, 6.07) is 0. The highest BCUT2D eigenvalue weighted by Crippen LogP contribution is 2.01. The van der Waals surface area contributed by atoms with E-state index in [4.69, 9.17) is 0 Å². The highest BCUT2D eigenvalue weighted by Gasteiger charge is 2.11. The summed E-state index contributed by atoms with van der Waals surface area (Å²) in [6.07, 6.45) is 2.47. The Bertz CT molecular complexity index is 290. The van der Waals surface area contributed by atoms with Gasteiger partial charge in [-0.15, -0.1) is 0 Å². The molecule has 1 heterocycles. The van der Waals surface area contributed by atoms with Crippen LogP contribution in [-0.2, 0) is 0 Å². The van der Waals surface area contributed by atoms with Crippen LogP contribution in [0.25, 0.3) is 0 Å². The van der Waals surface area contributed by atoms with E-state index in [1.165, 1.54) is 45.6 Å². The van der Waals surface area contributed by atoms with Gasteiger partial charge < -0.3 is 20.4 Å². The van der Waals surface area contributed by atoms with Crippen LogP contribution in [0.4, 0.5) is 0 Å². The second-order valence-electron chi connectivity index (χ2n) is 6.39. The standard InChI is InChI=1S/C16H35N5/c1-5-17-16(19-14-15(2)3)18-8-6-10-21-11-7-9-20(4)12-13-21/h15H,5-14H2,1-4H3,(H2,17,18,19). The van der Waals surface area contributed by atoms with E-state index in [0.29, 0.717) is 5.92 Å². The van der Waals surface area contributed by atoms with Crippen molar-refractivity contribution in [1.29, 1.82) is 0 Å². The molecule has 0 aromatic heterocycles. The molecule has 0 radical (unpaired) electrons. The molecule has 0 aromatic carbocycles. The highest BCUT2D eigenvalue weighted by molar-refractivity contribution is 5.79. The van der Waals surface area contributed by atoms with Gasteiger partial charge in [-0.3, -0.25) is 4.99 Å². The van der Waals surface area contributed by atoms with Crippen molar-refractivity contribution in [2.45, 2.75) is 33.6 Å². The average Bonchev–Trinajstić information content (AvgIpc) is 2.65. The van der Waals surface area contributed by atoms with Crippen LogP contribution in [0.1, 0.15) is 33.6 Å². The van der Waals surface area contributed by atoms with Gasteiger partial charge >= 0.3 is 0 Å². The lowest BCUT2D eigenvalue weighted by Gasteiger charge is -2.20. The van der Waals surface area contributed by atoms with E-state index in [9.17, 15) is 0 Å². The molecule has 1 saturated heterocycles. The van der Waals surface area contributed by atoms with Crippen LogP contribution in [-0.4, -0.2) is 75.2 Å². The lowest BCUT2D eigenvalue weighted by molar-refractivity contribution is 0.274. The predicted octanol–water partition coefficient (Wildman–Crippen LogP) is 1.23. The van der Waals surface area contributed by atoms with Crippen molar-refractivity contribution in [2.75, 3.05) is 59.4 Å². The first-order valence-corrected chi connectivity index (χ1v) is 8.55. The molecule has 0 bridgehead atoms. The molecular formula is C16H35N5. The van der Waals surface area contributed by atoms with Crippen molar-refractivity contribution < 1.29 is 0 Å². The smallest absolute Gasteiger partial charge is 0.191 e. The number of guanidine groups is 1. The van der Waals surface area contributed by atoms with Crippen LogP contribution in [0.3, 0.4) is 0 Å². The summed E-state index contributed by atoms with van der Waals surface area (Å²) in [6.45, 7) is 15.4. The highest BCUT2D eigenvalue weighted by atomic mass is 15.2. The van der Waals surface area contributed by atoms with Gasteiger partial charge in [0.1, 0.15) is 0 Å². The average molecular weight is 297 g/mol. The summed E-state index contributed by atoms with van der Waals surface area (Å²) in [5, 5.41) is 6.75. The largest absolute Gasteiger partial charge is 0.357 e. The molecule has 0 saturated carbocycles. The second-order valence-corrected chi connectivity index (χ2v) is 6.39. The Morgan fingerprint density at radius 1 is 1.14 bits per heavy atom. The molecule has 0 aliphatic carbocycles. The van der Waals surface area contributed by atoms with Crippen LogP contribution in [0.15, 0.2) is 4.99 Å². The van der Waals surface area contributed by atoms with Crippen molar-refractivity contribution in [3.8, 4) is 0 Å². The van der Waals surface area contributed by atoms with Gasteiger partial charge in [0, 0.05) is 32.7 Å². The monoisotopic (exact) mass is 297 g/mol. The van der Waals surface area contributed by atoms with Crippen LogP contribution in [0.5, 0.6) is 0 Å². The maximum atomic E-state index is 4.60. The molecule has 5 heteroatoms. The third-order valence-corrected chi connectivity index (χ3v) is 3.71. The molecule has 5 nitrogen and oxygen atoms in total. The molecule has 0 atom stereocenters. The minimum absolute atomic E-state index is 0.606. The van der Waals surface area contributed by atoms with Crippen LogP contribution < -0.4 is 10.6 Å². The molecule has 21 heavy (non-hydrogen) atoms. The zero-order chi connectivity index (χ0) is 15.5. The fraction of sp³-hybridized carbons (Fsp3) is 0.938. The van der Waals surface area contributed by atoms with E-state index < -0.39 is 0 Å². The topological polar surface area (TPSA) is 42.9 Å². The summed E-state index contributed by atoms with van der Waals surface area (Å²) in [5.74, 6) is 1.57. The van der Waals surface area contributed by atoms with E-state index in [1.54, 1.807) is 0 Å². The molecule has 0 unspecified atom stereocenters. The molecule has 1 aliphatic heterocycles. The number of nitrogens with zero attached hydrogens (tertiary/aromatic N) is 3. The summed E-state index contributed by atoms with van der Waals surface area (Å²) in [4.78, 5) is 9.61. The third kappa shape index (κ3) is 8.94. The van der Waals surface area contributed by atoms with Gasteiger partial charge in [-0.25, -0.2) is 0 Å². The Labute approximate surface area is 131 Å². The summed E-state index contributed by atoms with van der Waals surface area (Å²) in [7, 11) is 2.22. The Hall–Kier alpha value is -0.810. The summed E-state index contributed by atoms with van der Waals surface area (Å²) in [5.41, 5.74) is 0. The number of nitrogens with one attached hydrogen (secondary N) is 2. The Morgan fingerprint density at radius 2 is 1.95 bits per heavy atom. The van der Waals surface area contributed by atoms with Crippen molar-refractivity contribution in [1.82, 2.24) is 20.4 Å². The van der Waals surface area contributed by atoms with Gasteiger partial charge in [0.05, 0.1) is 0 Å². The molecule has 0 aromatic rings. The van der Waals surface area contributed by atoms with Gasteiger partial charge in [-0.2, -0.15) is 0 Å². The molecule has 0 spiro atoms. The predicted molar refractivity (Wildman–Crippen MR) is 92.0 cm³/mol. The van der Waals surface area contributed by atoms with E-state index in [1.807, 2.05) is 0 Å². The quantitative estimate of drug-likeness (QED) is 0.421. The van der Waals surface area contributed by atoms with Crippen molar-refractivity contribution in [2.24, 2.45) is 10.9 Å². The van der Waals surface area contributed by atoms with Crippen molar-refractivity contribution in [3.05, 3.63) is 0 Å². The Morgan fingerprint density at radius 3 is 2.67 bits per heavy atom. The van der Waals surface area contributed by atoms with Crippen molar-refractivity contribution >= 4 is 5.96 Å². The van der Waals surface area contributed by atoms with Gasteiger partial charge in [0.15, 0.2) is 5.96 Å². The van der Waals surface area contributed by atoms with Crippen LogP contribution >= 0.6 is 0 Å². The van der Waals surface area contributed by atoms with E-state index >= 15 is 0 Å². The summed E-state index contributed by atoms with van der Waals surface area (Å²) >= 11 is 0. The lowest BCUT2D eigenvalue weighted by atomic mass is 10.2. The second kappa shape index (κ2) is 10.9. The first-order valence-electron chi connectivity index (χ1n) is 8.55. The number of hydrogen-bond acceptors (Lipinski definition) is 3. The molecule has 1 aliphatic rings. The molecule has 124 valence electrons. The fourth-order valence-electron chi connectivity index (χ4n) is 2.45. The summed E-state index contributed by atoms with van der Waals surface area (Å²) < 4.78 is 0. The third-order valence-electron chi connectivity index (χ3n) is 3.71. The first kappa shape index (κ1) is 18.2. The minimum atomic E-state index is 0.606. The van der Waals surface area contributed by atoms with E-state index in [-0.39, 0.29) is 0 Å². The van der Waals surface area contributed by atoms with Crippen LogP contribution in [0, 0.1) is 5.92 Å². The first-order chi connectivity index (χ1) is 10.1. The fourth-order valence-corrected chi connectivity index (χ4v) is 2.45. The Kier molecular flexibility index (Phi) is 9.42. The SMILES string of the molecule is CCNC(=NCC(C)C)NCCCN1CCCN(C)CC1. The van der Waals surface area contributed by atoms with E-state index in [2.05, 4.69) is 53.2 Å². The number of hydrogen-bond donors (Lipinski definition) is 2. The molecule has 0 amide bonds. The van der Waals surface area contributed by atoms with Gasteiger partial charge in [0.2, 0.25) is 0 Å². The van der Waals surface area contributed by atoms with Crippen LogP contribution in [0.2, 0.25) is 0 Å². The maximum Gasteiger partial charge on any atom is 0.191 e.